The normalized spacial score (nSPS) is 12.2. The van der Waals surface area contributed by atoms with E-state index in [0.717, 1.165) is 22.7 Å². The second kappa shape index (κ2) is 12.4. The Morgan fingerprint density at radius 1 is 0.970 bits per heavy atom. The van der Waals surface area contributed by atoms with Crippen molar-refractivity contribution in [1.29, 1.82) is 0 Å². The van der Waals surface area contributed by atoms with Gasteiger partial charge in [-0.25, -0.2) is 4.68 Å². The fourth-order valence-electron chi connectivity index (χ4n) is 3.55. The van der Waals surface area contributed by atoms with Crippen LogP contribution in [-0.2, 0) is 16.0 Å². The highest BCUT2D eigenvalue weighted by Crippen LogP contribution is 2.32. The molecule has 8 nitrogen and oxygen atoms in total. The van der Waals surface area contributed by atoms with Crippen molar-refractivity contribution in [3.8, 4) is 23.1 Å². The molecule has 8 heteroatoms. The molecule has 0 saturated heterocycles. The van der Waals surface area contributed by atoms with E-state index in [9.17, 15) is 5.11 Å². The molecule has 0 aliphatic rings. The second-order valence-corrected chi connectivity index (χ2v) is 7.73. The number of hydrogen-bond acceptors (Lipinski definition) is 7. The highest BCUT2D eigenvalue weighted by molar-refractivity contribution is 5.44. The molecule has 0 fully saturated rings. The van der Waals surface area contributed by atoms with Gasteiger partial charge in [-0.15, -0.1) is 0 Å². The van der Waals surface area contributed by atoms with Crippen molar-refractivity contribution in [2.45, 2.75) is 19.6 Å². The molecule has 0 saturated carbocycles. The average molecular weight is 456 g/mol. The van der Waals surface area contributed by atoms with Crippen LogP contribution >= 0.6 is 0 Å². The minimum Gasteiger partial charge on any atom is -0.497 e. The lowest BCUT2D eigenvalue weighted by atomic mass is 10.2. The number of ether oxygens (including phenoxy) is 4. The first kappa shape index (κ1) is 24.7. The molecular formula is C25H33N3O5. The number of nitrogens with zero attached hydrogens (tertiary/aromatic N) is 3. The molecular weight excluding hydrogens is 422 g/mol. The molecule has 3 aromatic rings. The maximum absolute atomic E-state index is 10.3. The molecule has 0 radical (unpaired) electrons. The molecule has 2 aromatic carbocycles. The van der Waals surface area contributed by atoms with Crippen molar-refractivity contribution < 1.29 is 24.1 Å². The average Bonchev–Trinajstić information content (AvgIpc) is 3.13. The number of aromatic nitrogens is 2. The van der Waals surface area contributed by atoms with Gasteiger partial charge in [0.1, 0.15) is 11.5 Å². The van der Waals surface area contributed by atoms with Gasteiger partial charge in [0.2, 0.25) is 5.88 Å². The summed E-state index contributed by atoms with van der Waals surface area (Å²) in [7, 11) is 4.88. The Kier molecular flexibility index (Phi) is 9.26. The first-order chi connectivity index (χ1) is 16.0. The third-order valence-electron chi connectivity index (χ3n) is 5.23. The quantitative estimate of drug-likeness (QED) is 0.423. The Morgan fingerprint density at radius 2 is 1.67 bits per heavy atom. The zero-order valence-electron chi connectivity index (χ0n) is 19.7. The van der Waals surface area contributed by atoms with Gasteiger partial charge in [-0.2, -0.15) is 5.10 Å². The summed E-state index contributed by atoms with van der Waals surface area (Å²) >= 11 is 0. The predicted octanol–water partition coefficient (Wildman–Crippen LogP) is 3.44. The first-order valence-corrected chi connectivity index (χ1v) is 10.9. The van der Waals surface area contributed by atoms with Gasteiger partial charge >= 0.3 is 0 Å². The van der Waals surface area contributed by atoms with Crippen LogP contribution in [0.15, 0.2) is 54.6 Å². The minimum absolute atomic E-state index is 0.265. The van der Waals surface area contributed by atoms with Gasteiger partial charge < -0.3 is 24.1 Å². The Bertz CT molecular complexity index is 976. The third-order valence-corrected chi connectivity index (χ3v) is 5.23. The molecule has 1 N–H and O–H groups in total. The van der Waals surface area contributed by atoms with E-state index < -0.39 is 6.10 Å². The zero-order chi connectivity index (χ0) is 23.6. The SMILES string of the molecule is COCCN(Cc1c(C)nn(-c2ccccc2)c1Oc1ccc(OC)cc1)CC(O)COC. The molecule has 0 bridgehead atoms. The lowest BCUT2D eigenvalue weighted by Gasteiger charge is -2.25. The molecule has 1 heterocycles. The van der Waals surface area contributed by atoms with Crippen LogP contribution in [0.25, 0.3) is 5.69 Å². The zero-order valence-corrected chi connectivity index (χ0v) is 19.7. The molecule has 0 aliphatic carbocycles. The Balaban J connectivity index is 1.96. The molecule has 0 amide bonds. The van der Waals surface area contributed by atoms with Crippen molar-refractivity contribution >= 4 is 0 Å². The van der Waals surface area contributed by atoms with Crippen molar-refractivity contribution in [1.82, 2.24) is 14.7 Å². The molecule has 3 rings (SSSR count). The summed E-state index contributed by atoms with van der Waals surface area (Å²) in [6.45, 7) is 4.40. The van der Waals surface area contributed by atoms with Gasteiger partial charge in [0.05, 0.1) is 43.4 Å². The molecule has 178 valence electrons. The van der Waals surface area contributed by atoms with Crippen molar-refractivity contribution in [3.63, 3.8) is 0 Å². The lowest BCUT2D eigenvalue weighted by Crippen LogP contribution is -2.36. The summed E-state index contributed by atoms with van der Waals surface area (Å²) in [5.74, 6) is 2.07. The smallest absolute Gasteiger partial charge is 0.227 e. The number of para-hydroxylation sites is 1. The largest absolute Gasteiger partial charge is 0.497 e. The van der Waals surface area contributed by atoms with Crippen LogP contribution in [0.5, 0.6) is 17.4 Å². The van der Waals surface area contributed by atoms with E-state index >= 15 is 0 Å². The van der Waals surface area contributed by atoms with Crippen molar-refractivity contribution in [3.05, 3.63) is 65.9 Å². The van der Waals surface area contributed by atoms with E-state index in [2.05, 4.69) is 4.90 Å². The van der Waals surface area contributed by atoms with Crippen LogP contribution < -0.4 is 9.47 Å². The van der Waals surface area contributed by atoms with Gasteiger partial charge in [-0.3, -0.25) is 4.90 Å². The van der Waals surface area contributed by atoms with Gasteiger partial charge in [0.25, 0.3) is 0 Å². The third kappa shape index (κ3) is 6.79. The second-order valence-electron chi connectivity index (χ2n) is 7.73. The summed E-state index contributed by atoms with van der Waals surface area (Å²) in [6, 6.07) is 17.3. The topological polar surface area (TPSA) is 78.2 Å². The Labute approximate surface area is 195 Å². The van der Waals surface area contributed by atoms with Crippen molar-refractivity contribution in [2.75, 3.05) is 47.6 Å². The molecule has 1 atom stereocenters. The summed E-state index contributed by atoms with van der Waals surface area (Å²) in [5, 5.41) is 15.1. The van der Waals surface area contributed by atoms with Gasteiger partial charge in [-0.05, 0) is 43.3 Å². The number of aliphatic hydroxyl groups is 1. The number of benzene rings is 2. The summed E-state index contributed by atoms with van der Waals surface area (Å²) in [4.78, 5) is 2.12. The predicted molar refractivity (Wildman–Crippen MR) is 126 cm³/mol. The van der Waals surface area contributed by atoms with Crippen LogP contribution in [0, 0.1) is 6.92 Å². The maximum Gasteiger partial charge on any atom is 0.227 e. The van der Waals surface area contributed by atoms with Crippen LogP contribution in [0.3, 0.4) is 0 Å². The Hall–Kier alpha value is -2.91. The fourth-order valence-corrected chi connectivity index (χ4v) is 3.55. The minimum atomic E-state index is -0.609. The van der Waals surface area contributed by atoms with E-state index in [1.807, 2.05) is 66.2 Å². The standard InChI is InChI=1S/C25H33N3O5/c1-19-24(17-27(14-15-30-2)16-21(29)18-31-3)25(28(26-19)20-8-6-5-7-9-20)33-23-12-10-22(32-4)11-13-23/h5-13,21,29H,14-18H2,1-4H3. The van der Waals surface area contributed by atoms with Crippen LogP contribution in [0.2, 0.25) is 0 Å². The van der Waals surface area contributed by atoms with Crippen LogP contribution in [0.4, 0.5) is 0 Å². The van der Waals surface area contributed by atoms with E-state index in [0.29, 0.717) is 37.9 Å². The number of rotatable bonds is 13. The van der Waals surface area contributed by atoms with E-state index in [1.165, 1.54) is 0 Å². The van der Waals surface area contributed by atoms with Gasteiger partial charge in [-0.1, -0.05) is 18.2 Å². The van der Waals surface area contributed by atoms with Crippen LogP contribution in [-0.4, -0.2) is 73.5 Å². The summed E-state index contributed by atoms with van der Waals surface area (Å²) < 4.78 is 23.8. The molecule has 0 aliphatic heterocycles. The molecule has 1 aromatic heterocycles. The number of aliphatic hydroxyl groups excluding tert-OH is 1. The Morgan fingerprint density at radius 3 is 2.30 bits per heavy atom. The van der Waals surface area contributed by atoms with Crippen molar-refractivity contribution in [2.24, 2.45) is 0 Å². The van der Waals surface area contributed by atoms with Gasteiger partial charge in [0.15, 0.2) is 0 Å². The monoisotopic (exact) mass is 455 g/mol. The highest BCUT2D eigenvalue weighted by atomic mass is 16.5. The lowest BCUT2D eigenvalue weighted by molar-refractivity contribution is 0.0291. The fraction of sp³-hybridized carbons (Fsp3) is 0.400. The first-order valence-electron chi connectivity index (χ1n) is 10.9. The van der Waals surface area contributed by atoms with E-state index in [4.69, 9.17) is 24.0 Å². The molecule has 0 spiro atoms. The molecule has 1 unspecified atom stereocenters. The summed E-state index contributed by atoms with van der Waals surface area (Å²) in [5.41, 5.74) is 2.69. The highest BCUT2D eigenvalue weighted by Gasteiger charge is 2.22. The number of methoxy groups -OCH3 is 3. The van der Waals surface area contributed by atoms with Crippen LogP contribution in [0.1, 0.15) is 11.3 Å². The van der Waals surface area contributed by atoms with E-state index in [-0.39, 0.29) is 6.61 Å². The number of aryl methyl sites for hydroxylation is 1. The molecule has 33 heavy (non-hydrogen) atoms. The van der Waals surface area contributed by atoms with Gasteiger partial charge in [0, 0.05) is 33.9 Å². The van der Waals surface area contributed by atoms with E-state index in [1.54, 1.807) is 21.3 Å². The number of hydrogen-bond donors (Lipinski definition) is 1. The maximum atomic E-state index is 10.3. The summed E-state index contributed by atoms with van der Waals surface area (Å²) in [6.07, 6.45) is -0.609.